The van der Waals surface area contributed by atoms with E-state index in [1.54, 1.807) is 31.2 Å². The zero-order chi connectivity index (χ0) is 15.8. The molecule has 0 atom stereocenters. The summed E-state index contributed by atoms with van der Waals surface area (Å²) >= 11 is 0. The zero-order valence-electron chi connectivity index (χ0n) is 13.4. The fraction of sp³-hybridized carbons (Fsp3) is 0.526. The van der Waals surface area contributed by atoms with Crippen LogP contribution in [0.15, 0.2) is 24.3 Å². The molecule has 0 spiro atoms. The predicted molar refractivity (Wildman–Crippen MR) is 86.5 cm³/mol. The van der Waals surface area contributed by atoms with E-state index < -0.39 is 0 Å². The van der Waals surface area contributed by atoms with E-state index in [1.165, 1.54) is 12.8 Å². The summed E-state index contributed by atoms with van der Waals surface area (Å²) in [4.78, 5) is 12.2. The minimum Gasteiger partial charge on any atom is -0.426 e. The second-order valence-electron chi connectivity index (χ2n) is 5.85. The Hall–Kier alpha value is -1.95. The van der Waals surface area contributed by atoms with Gasteiger partial charge in [0.25, 0.3) is 0 Å². The molecule has 0 aliphatic heterocycles. The molecule has 3 heteroatoms. The van der Waals surface area contributed by atoms with Gasteiger partial charge in [-0.25, -0.2) is 0 Å². The van der Waals surface area contributed by atoms with Gasteiger partial charge in [0.05, 0.1) is 5.92 Å². The summed E-state index contributed by atoms with van der Waals surface area (Å²) in [6.07, 6.45) is 9.26. The molecule has 0 N–H and O–H groups in total. The molecule has 1 aromatic rings. The summed E-state index contributed by atoms with van der Waals surface area (Å²) < 4.78 is 10.6. The van der Waals surface area contributed by atoms with Gasteiger partial charge in [0, 0.05) is 6.92 Å². The van der Waals surface area contributed by atoms with E-state index in [-0.39, 0.29) is 11.9 Å². The number of hydrogen-bond acceptors (Lipinski definition) is 3. The van der Waals surface area contributed by atoms with Crippen LogP contribution in [0.25, 0.3) is 0 Å². The second-order valence-corrected chi connectivity index (χ2v) is 5.85. The van der Waals surface area contributed by atoms with Crippen molar-refractivity contribution in [2.24, 2.45) is 11.8 Å². The Morgan fingerprint density at radius 1 is 1.14 bits per heavy atom. The Labute approximate surface area is 133 Å². The van der Waals surface area contributed by atoms with Crippen molar-refractivity contribution in [3.05, 3.63) is 24.3 Å². The molecule has 0 bridgehead atoms. The predicted octanol–water partition coefficient (Wildman–Crippen LogP) is 4.56. The normalized spacial score (nSPS) is 20.6. The number of carbonyl (C=O) groups is 1. The number of ether oxygens (including phenoxy) is 2. The standard InChI is InChI=1S/C19H24O3/c1-3-5-15-6-8-16(9-7-15)19(20)22-18-12-10-17(11-13-18)21-14-4-2/h10-13,15-16H,3,5-9H2,1-2H3. The number of carbonyl (C=O) groups excluding carboxylic acids is 1. The van der Waals surface area contributed by atoms with E-state index in [4.69, 9.17) is 9.47 Å². The smallest absolute Gasteiger partial charge is 0.314 e. The lowest BCUT2D eigenvalue weighted by atomic mass is 9.80. The lowest BCUT2D eigenvalue weighted by Crippen LogP contribution is -2.25. The number of hydrogen-bond donors (Lipinski definition) is 0. The van der Waals surface area contributed by atoms with Crippen LogP contribution >= 0.6 is 0 Å². The van der Waals surface area contributed by atoms with Crippen LogP contribution in [0.1, 0.15) is 52.4 Å². The van der Waals surface area contributed by atoms with Crippen LogP contribution in [0, 0.1) is 23.9 Å². The zero-order valence-corrected chi connectivity index (χ0v) is 13.4. The van der Waals surface area contributed by atoms with Gasteiger partial charge in [0.1, 0.15) is 17.6 Å². The van der Waals surface area contributed by atoms with Crippen LogP contribution in [0.5, 0.6) is 11.5 Å². The average molecular weight is 300 g/mol. The summed E-state index contributed by atoms with van der Waals surface area (Å²) in [5.41, 5.74) is 0. The summed E-state index contributed by atoms with van der Waals surface area (Å²) in [5, 5.41) is 0. The first-order chi connectivity index (χ1) is 10.7. The average Bonchev–Trinajstić information content (AvgIpc) is 2.55. The molecule has 0 amide bonds. The van der Waals surface area contributed by atoms with Crippen LogP contribution in [-0.4, -0.2) is 5.97 Å². The molecule has 0 heterocycles. The molecule has 22 heavy (non-hydrogen) atoms. The van der Waals surface area contributed by atoms with Gasteiger partial charge in [0.15, 0.2) is 0 Å². The largest absolute Gasteiger partial charge is 0.426 e. The Morgan fingerprint density at radius 2 is 1.77 bits per heavy atom. The van der Waals surface area contributed by atoms with Crippen LogP contribution < -0.4 is 9.47 Å². The van der Waals surface area contributed by atoms with Crippen molar-refractivity contribution in [2.75, 3.05) is 0 Å². The molecular weight excluding hydrogens is 276 g/mol. The molecule has 1 fully saturated rings. The van der Waals surface area contributed by atoms with Gasteiger partial charge in [-0.2, -0.15) is 0 Å². The van der Waals surface area contributed by atoms with Crippen molar-refractivity contribution < 1.29 is 14.3 Å². The maximum absolute atomic E-state index is 12.2. The first-order valence-corrected chi connectivity index (χ1v) is 8.13. The third-order valence-electron chi connectivity index (χ3n) is 4.19. The third-order valence-corrected chi connectivity index (χ3v) is 4.19. The maximum atomic E-state index is 12.2. The highest BCUT2D eigenvalue weighted by Gasteiger charge is 2.27. The van der Waals surface area contributed by atoms with E-state index in [0.29, 0.717) is 11.5 Å². The van der Waals surface area contributed by atoms with Gasteiger partial charge >= 0.3 is 5.97 Å². The quantitative estimate of drug-likeness (QED) is 0.454. The molecule has 0 saturated heterocycles. The summed E-state index contributed by atoms with van der Waals surface area (Å²) in [6.45, 7) is 3.94. The van der Waals surface area contributed by atoms with E-state index in [0.717, 1.165) is 31.6 Å². The molecule has 2 rings (SSSR count). The van der Waals surface area contributed by atoms with E-state index in [9.17, 15) is 4.79 Å². The van der Waals surface area contributed by atoms with Gasteiger partial charge in [-0.05, 0) is 55.9 Å². The molecule has 0 aromatic heterocycles. The van der Waals surface area contributed by atoms with Crippen molar-refractivity contribution in [3.8, 4) is 23.5 Å². The second kappa shape index (κ2) is 8.48. The highest BCUT2D eigenvalue weighted by molar-refractivity contribution is 5.75. The van der Waals surface area contributed by atoms with Crippen molar-refractivity contribution in [3.63, 3.8) is 0 Å². The SMILES string of the molecule is CC#COc1ccc(OC(=O)C2CCC(CCC)CC2)cc1. The topological polar surface area (TPSA) is 35.5 Å². The highest BCUT2D eigenvalue weighted by atomic mass is 16.5. The number of rotatable bonds is 5. The van der Waals surface area contributed by atoms with Gasteiger partial charge in [-0.3, -0.25) is 4.79 Å². The molecule has 1 aromatic carbocycles. The van der Waals surface area contributed by atoms with Crippen LogP contribution in [0.2, 0.25) is 0 Å². The first-order valence-electron chi connectivity index (χ1n) is 8.13. The lowest BCUT2D eigenvalue weighted by Gasteiger charge is -2.26. The van der Waals surface area contributed by atoms with Crippen molar-refractivity contribution in [2.45, 2.75) is 52.4 Å². The first kappa shape index (κ1) is 16.4. The van der Waals surface area contributed by atoms with Gasteiger partial charge in [0.2, 0.25) is 0 Å². The number of benzene rings is 1. The van der Waals surface area contributed by atoms with Crippen LogP contribution in [0.4, 0.5) is 0 Å². The van der Waals surface area contributed by atoms with Crippen molar-refractivity contribution in [1.29, 1.82) is 0 Å². The maximum Gasteiger partial charge on any atom is 0.314 e. The molecule has 1 aliphatic rings. The molecule has 3 nitrogen and oxygen atoms in total. The van der Waals surface area contributed by atoms with Crippen molar-refractivity contribution >= 4 is 5.97 Å². The van der Waals surface area contributed by atoms with Gasteiger partial charge in [-0.1, -0.05) is 25.7 Å². The Morgan fingerprint density at radius 3 is 2.36 bits per heavy atom. The molecular formula is C19H24O3. The Bertz CT molecular complexity index is 528. The van der Waals surface area contributed by atoms with Gasteiger partial charge in [-0.15, -0.1) is 0 Å². The highest BCUT2D eigenvalue weighted by Crippen LogP contribution is 2.32. The van der Waals surface area contributed by atoms with E-state index in [2.05, 4.69) is 19.0 Å². The fourth-order valence-corrected chi connectivity index (χ4v) is 2.98. The Kier molecular flexibility index (Phi) is 6.33. The van der Waals surface area contributed by atoms with Crippen LogP contribution in [0.3, 0.4) is 0 Å². The minimum absolute atomic E-state index is 0.0509. The van der Waals surface area contributed by atoms with E-state index >= 15 is 0 Å². The summed E-state index contributed by atoms with van der Waals surface area (Å²) in [7, 11) is 0. The summed E-state index contributed by atoms with van der Waals surface area (Å²) in [6, 6.07) is 7.00. The van der Waals surface area contributed by atoms with Crippen molar-refractivity contribution in [1.82, 2.24) is 0 Å². The monoisotopic (exact) mass is 300 g/mol. The fourth-order valence-electron chi connectivity index (χ4n) is 2.98. The lowest BCUT2D eigenvalue weighted by molar-refractivity contribution is -0.140. The Balaban J connectivity index is 1.83. The van der Waals surface area contributed by atoms with Crippen LogP contribution in [-0.2, 0) is 4.79 Å². The van der Waals surface area contributed by atoms with E-state index in [1.807, 2.05) is 0 Å². The molecule has 1 aliphatic carbocycles. The molecule has 0 unspecified atom stereocenters. The van der Waals surface area contributed by atoms with Gasteiger partial charge < -0.3 is 9.47 Å². The minimum atomic E-state index is -0.100. The molecule has 118 valence electrons. The number of esters is 1. The third kappa shape index (κ3) is 4.80. The molecule has 0 radical (unpaired) electrons. The summed E-state index contributed by atoms with van der Waals surface area (Å²) in [5.74, 6) is 4.62. The molecule has 1 saturated carbocycles.